The van der Waals surface area contributed by atoms with E-state index in [0.29, 0.717) is 6.04 Å². The number of fused-ring (bicyclic) bond motifs is 1. The number of amides is 1. The number of nitrogens with one attached hydrogen (secondary N) is 1. The molecule has 1 aromatic heterocycles. The first-order chi connectivity index (χ1) is 10.6. The van der Waals surface area contributed by atoms with Gasteiger partial charge in [0.15, 0.2) is 0 Å². The molecule has 2 aromatic rings. The molecule has 0 spiro atoms. The highest BCUT2D eigenvalue weighted by Gasteiger charge is 2.21. The third-order valence-electron chi connectivity index (χ3n) is 4.35. The molecular formula is C16H23N5O. The van der Waals surface area contributed by atoms with E-state index in [1.54, 1.807) is 10.0 Å². The van der Waals surface area contributed by atoms with Crippen molar-refractivity contribution in [2.24, 2.45) is 0 Å². The zero-order chi connectivity index (χ0) is 15.7. The molecule has 0 aliphatic carbocycles. The first-order valence-electron chi connectivity index (χ1n) is 7.73. The van der Waals surface area contributed by atoms with Gasteiger partial charge >= 0.3 is 0 Å². The number of anilines is 1. The van der Waals surface area contributed by atoms with Gasteiger partial charge in [0, 0.05) is 31.7 Å². The minimum Gasteiger partial charge on any atom is -0.315 e. The van der Waals surface area contributed by atoms with Gasteiger partial charge in [0.05, 0.1) is 11.7 Å². The highest BCUT2D eigenvalue weighted by Crippen LogP contribution is 2.30. The largest absolute Gasteiger partial charge is 0.315 e. The summed E-state index contributed by atoms with van der Waals surface area (Å²) in [4.78, 5) is 11.4. The van der Waals surface area contributed by atoms with E-state index in [-0.39, 0.29) is 0 Å². The summed E-state index contributed by atoms with van der Waals surface area (Å²) in [5.41, 5.74) is 2.87. The third-order valence-corrected chi connectivity index (χ3v) is 4.35. The number of carbonyl (C=O) groups is 1. The van der Waals surface area contributed by atoms with Gasteiger partial charge in [-0.2, -0.15) is 5.10 Å². The summed E-state index contributed by atoms with van der Waals surface area (Å²) < 4.78 is 2.12. The molecule has 1 aliphatic rings. The number of hydrazine groups is 1. The van der Waals surface area contributed by atoms with Crippen LogP contribution in [0.4, 0.5) is 5.69 Å². The molecule has 3 rings (SSSR count). The Hall–Kier alpha value is -1.92. The second kappa shape index (κ2) is 6.06. The summed E-state index contributed by atoms with van der Waals surface area (Å²) >= 11 is 0. The van der Waals surface area contributed by atoms with Crippen LogP contribution >= 0.6 is 0 Å². The van der Waals surface area contributed by atoms with Crippen molar-refractivity contribution in [2.75, 3.05) is 32.2 Å². The number of hydrogen-bond donors (Lipinski definition) is 1. The summed E-state index contributed by atoms with van der Waals surface area (Å²) in [7, 11) is 3.70. The Bertz CT molecular complexity index is 672. The molecule has 6 nitrogen and oxygen atoms in total. The van der Waals surface area contributed by atoms with E-state index in [2.05, 4.69) is 23.0 Å². The van der Waals surface area contributed by atoms with E-state index in [1.165, 1.54) is 6.42 Å². The predicted octanol–water partition coefficient (Wildman–Crippen LogP) is 1.71. The van der Waals surface area contributed by atoms with Crippen LogP contribution < -0.4 is 10.3 Å². The fraction of sp³-hybridized carbons (Fsp3) is 0.500. The fourth-order valence-corrected chi connectivity index (χ4v) is 3.18. The molecule has 118 valence electrons. The smallest absolute Gasteiger partial charge is 0.228 e. The van der Waals surface area contributed by atoms with Crippen LogP contribution in [0.2, 0.25) is 0 Å². The maximum absolute atomic E-state index is 11.4. The van der Waals surface area contributed by atoms with Gasteiger partial charge in [0.2, 0.25) is 6.41 Å². The van der Waals surface area contributed by atoms with E-state index < -0.39 is 0 Å². The van der Waals surface area contributed by atoms with Gasteiger partial charge in [-0.3, -0.25) is 9.48 Å². The van der Waals surface area contributed by atoms with Crippen molar-refractivity contribution in [2.45, 2.75) is 25.8 Å². The lowest BCUT2D eigenvalue weighted by atomic mass is 10.1. The molecule has 22 heavy (non-hydrogen) atoms. The molecule has 1 N–H and O–H groups in total. The SMILES string of the molecule is Cc1c2cccc(N(C=O)N(C)C)c2nn1C1CCCNC1. The highest BCUT2D eigenvalue weighted by atomic mass is 16.1. The predicted molar refractivity (Wildman–Crippen MR) is 87.8 cm³/mol. The Morgan fingerprint density at radius 1 is 1.41 bits per heavy atom. The molecule has 1 fully saturated rings. The second-order valence-electron chi connectivity index (χ2n) is 6.00. The molecule has 0 bridgehead atoms. The van der Waals surface area contributed by atoms with Crippen molar-refractivity contribution in [1.82, 2.24) is 20.1 Å². The van der Waals surface area contributed by atoms with Crippen LogP contribution in [0.1, 0.15) is 24.6 Å². The van der Waals surface area contributed by atoms with Crippen molar-refractivity contribution >= 4 is 23.0 Å². The quantitative estimate of drug-likeness (QED) is 0.690. The number of aromatic nitrogens is 2. The van der Waals surface area contributed by atoms with Crippen molar-refractivity contribution in [1.29, 1.82) is 0 Å². The Balaban J connectivity index is 2.10. The van der Waals surface area contributed by atoms with Crippen LogP contribution in [0.3, 0.4) is 0 Å². The van der Waals surface area contributed by atoms with Crippen molar-refractivity contribution in [3.63, 3.8) is 0 Å². The molecule has 1 amide bonds. The number of benzene rings is 1. The van der Waals surface area contributed by atoms with Crippen LogP contribution in [-0.2, 0) is 4.79 Å². The lowest BCUT2D eigenvalue weighted by Crippen LogP contribution is -2.35. The molecule has 1 saturated heterocycles. The van der Waals surface area contributed by atoms with Crippen LogP contribution in [0.5, 0.6) is 0 Å². The van der Waals surface area contributed by atoms with Gasteiger partial charge in [0.1, 0.15) is 5.52 Å². The van der Waals surface area contributed by atoms with Gasteiger partial charge in [-0.15, -0.1) is 0 Å². The first kappa shape index (κ1) is 15.0. The van der Waals surface area contributed by atoms with Gasteiger partial charge in [-0.25, -0.2) is 10.0 Å². The molecule has 1 atom stereocenters. The molecule has 1 aliphatic heterocycles. The second-order valence-corrected chi connectivity index (χ2v) is 6.00. The van der Waals surface area contributed by atoms with Gasteiger partial charge in [-0.1, -0.05) is 12.1 Å². The molecule has 2 heterocycles. The third kappa shape index (κ3) is 2.48. The maximum Gasteiger partial charge on any atom is 0.228 e. The molecule has 1 aromatic carbocycles. The molecule has 0 radical (unpaired) electrons. The number of nitrogens with zero attached hydrogens (tertiary/aromatic N) is 4. The van der Waals surface area contributed by atoms with Crippen LogP contribution in [-0.4, -0.2) is 48.4 Å². The first-order valence-corrected chi connectivity index (χ1v) is 7.73. The molecule has 6 heteroatoms. The van der Waals surface area contributed by atoms with E-state index in [1.807, 2.05) is 26.2 Å². The summed E-state index contributed by atoms with van der Waals surface area (Å²) in [6, 6.07) is 6.38. The van der Waals surface area contributed by atoms with Crippen LogP contribution in [0.25, 0.3) is 10.9 Å². The number of carbonyl (C=O) groups excluding carboxylic acids is 1. The fourth-order valence-electron chi connectivity index (χ4n) is 3.18. The lowest BCUT2D eigenvalue weighted by molar-refractivity contribution is -0.109. The van der Waals surface area contributed by atoms with Crippen LogP contribution in [0, 0.1) is 6.92 Å². The number of piperidine rings is 1. The lowest BCUT2D eigenvalue weighted by Gasteiger charge is -2.25. The van der Waals surface area contributed by atoms with Crippen LogP contribution in [0.15, 0.2) is 18.2 Å². The maximum atomic E-state index is 11.4. The summed E-state index contributed by atoms with van der Waals surface area (Å²) in [6.45, 7) is 4.14. The monoisotopic (exact) mass is 301 g/mol. The van der Waals surface area contributed by atoms with Crippen molar-refractivity contribution in [3.05, 3.63) is 23.9 Å². The minimum atomic E-state index is 0.387. The van der Waals surface area contributed by atoms with Gasteiger partial charge in [0.25, 0.3) is 0 Å². The number of aryl methyl sites for hydroxylation is 1. The highest BCUT2D eigenvalue weighted by molar-refractivity contribution is 5.96. The van der Waals surface area contributed by atoms with Gasteiger partial charge in [-0.05, 0) is 32.4 Å². The van der Waals surface area contributed by atoms with Crippen molar-refractivity contribution in [3.8, 4) is 0 Å². The van der Waals surface area contributed by atoms with E-state index in [0.717, 1.165) is 48.2 Å². The average molecular weight is 301 g/mol. The van der Waals surface area contributed by atoms with Gasteiger partial charge < -0.3 is 5.32 Å². The number of rotatable bonds is 4. The topological polar surface area (TPSA) is 53.4 Å². The number of hydrogen-bond acceptors (Lipinski definition) is 4. The zero-order valence-corrected chi connectivity index (χ0v) is 13.4. The average Bonchev–Trinajstić information content (AvgIpc) is 2.87. The molecular weight excluding hydrogens is 278 g/mol. The normalized spacial score (nSPS) is 18.8. The Morgan fingerprint density at radius 3 is 2.86 bits per heavy atom. The Morgan fingerprint density at radius 2 is 2.23 bits per heavy atom. The summed E-state index contributed by atoms with van der Waals surface area (Å²) in [5.74, 6) is 0. The van der Waals surface area contributed by atoms with E-state index in [4.69, 9.17) is 5.10 Å². The standard InChI is InChI=1S/C16H23N5O/c1-12-14-7-4-8-15(20(11-22)19(2)3)16(14)18-21(12)13-6-5-9-17-10-13/h4,7-8,11,13,17H,5-6,9-10H2,1-3H3. The van der Waals surface area contributed by atoms with E-state index >= 15 is 0 Å². The molecule has 1 unspecified atom stereocenters. The van der Waals surface area contributed by atoms with Crippen molar-refractivity contribution < 1.29 is 4.79 Å². The molecule has 0 saturated carbocycles. The Labute approximate surface area is 130 Å². The summed E-state index contributed by atoms with van der Waals surface area (Å²) in [6.07, 6.45) is 3.14. The summed E-state index contributed by atoms with van der Waals surface area (Å²) in [5, 5.41) is 12.7. The Kier molecular flexibility index (Phi) is 4.13. The minimum absolute atomic E-state index is 0.387. The van der Waals surface area contributed by atoms with E-state index in [9.17, 15) is 4.79 Å². The zero-order valence-electron chi connectivity index (χ0n) is 13.4.